The molecular formula is C16H16BrN3O2. The summed E-state index contributed by atoms with van der Waals surface area (Å²) in [4.78, 5) is 22.9. The fourth-order valence-electron chi connectivity index (χ4n) is 1.86. The lowest BCUT2D eigenvalue weighted by atomic mass is 10.2. The molecule has 2 rings (SSSR count). The molecule has 0 aliphatic rings. The lowest BCUT2D eigenvalue weighted by Crippen LogP contribution is -2.19. The summed E-state index contributed by atoms with van der Waals surface area (Å²) in [6.07, 6.45) is 0. The first kappa shape index (κ1) is 16.0. The molecule has 0 aliphatic carbocycles. The van der Waals surface area contributed by atoms with Crippen molar-refractivity contribution in [3.8, 4) is 0 Å². The van der Waals surface area contributed by atoms with Gasteiger partial charge in [0.15, 0.2) is 0 Å². The van der Waals surface area contributed by atoms with E-state index in [1.165, 1.54) is 6.92 Å². The smallest absolute Gasteiger partial charge is 0.323 e. The maximum Gasteiger partial charge on any atom is 0.323 e. The summed E-state index contributed by atoms with van der Waals surface area (Å²) in [6, 6.07) is 12.1. The molecule has 114 valence electrons. The Morgan fingerprint density at radius 1 is 0.864 bits per heavy atom. The number of carbonyl (C=O) groups is 2. The Hall–Kier alpha value is -2.34. The monoisotopic (exact) mass is 361 g/mol. The van der Waals surface area contributed by atoms with Crippen molar-refractivity contribution < 1.29 is 9.59 Å². The van der Waals surface area contributed by atoms with E-state index in [1.807, 2.05) is 25.1 Å². The molecule has 0 aromatic heterocycles. The second kappa shape index (κ2) is 7.09. The van der Waals surface area contributed by atoms with Crippen LogP contribution in [0.5, 0.6) is 0 Å². The quantitative estimate of drug-likeness (QED) is 0.759. The molecular weight excluding hydrogens is 346 g/mol. The highest BCUT2D eigenvalue weighted by Crippen LogP contribution is 2.20. The Labute approximate surface area is 137 Å². The Balaban J connectivity index is 1.96. The SMILES string of the molecule is CC(=O)Nc1ccc(NC(=O)Nc2ccc(Br)c(C)c2)cc1. The van der Waals surface area contributed by atoms with Crippen LogP contribution in [0.2, 0.25) is 0 Å². The number of carbonyl (C=O) groups excluding carboxylic acids is 2. The molecule has 0 unspecified atom stereocenters. The highest BCUT2D eigenvalue weighted by atomic mass is 79.9. The van der Waals surface area contributed by atoms with Crippen LogP contribution in [0, 0.1) is 6.92 Å². The number of rotatable bonds is 3. The summed E-state index contributed by atoms with van der Waals surface area (Å²) in [6.45, 7) is 3.40. The molecule has 0 spiro atoms. The van der Waals surface area contributed by atoms with Crippen LogP contribution >= 0.6 is 15.9 Å². The van der Waals surface area contributed by atoms with Crippen molar-refractivity contribution >= 4 is 44.9 Å². The average molecular weight is 362 g/mol. The van der Waals surface area contributed by atoms with E-state index in [2.05, 4.69) is 31.9 Å². The fraction of sp³-hybridized carbons (Fsp3) is 0.125. The molecule has 0 aliphatic heterocycles. The molecule has 3 N–H and O–H groups in total. The van der Waals surface area contributed by atoms with Gasteiger partial charge in [-0.2, -0.15) is 0 Å². The van der Waals surface area contributed by atoms with Crippen LogP contribution in [0.25, 0.3) is 0 Å². The zero-order valence-corrected chi connectivity index (χ0v) is 13.8. The number of urea groups is 1. The van der Waals surface area contributed by atoms with Gasteiger partial charge in [-0.3, -0.25) is 4.79 Å². The Kier molecular flexibility index (Phi) is 5.16. The third-order valence-corrected chi connectivity index (χ3v) is 3.77. The van der Waals surface area contributed by atoms with Crippen LogP contribution in [0.15, 0.2) is 46.9 Å². The number of halogens is 1. The van der Waals surface area contributed by atoms with Crippen molar-refractivity contribution in [1.29, 1.82) is 0 Å². The third-order valence-electron chi connectivity index (χ3n) is 2.88. The molecule has 0 fully saturated rings. The van der Waals surface area contributed by atoms with E-state index in [9.17, 15) is 9.59 Å². The van der Waals surface area contributed by atoms with Gasteiger partial charge in [-0.25, -0.2) is 4.79 Å². The number of benzene rings is 2. The van der Waals surface area contributed by atoms with Crippen molar-refractivity contribution in [2.75, 3.05) is 16.0 Å². The molecule has 3 amide bonds. The molecule has 2 aromatic rings. The minimum Gasteiger partial charge on any atom is -0.326 e. The Morgan fingerprint density at radius 2 is 1.36 bits per heavy atom. The maximum absolute atomic E-state index is 11.9. The van der Waals surface area contributed by atoms with Gasteiger partial charge < -0.3 is 16.0 Å². The number of aryl methyl sites for hydroxylation is 1. The summed E-state index contributed by atoms with van der Waals surface area (Å²) in [5.74, 6) is -0.135. The topological polar surface area (TPSA) is 70.2 Å². The summed E-state index contributed by atoms with van der Waals surface area (Å²) in [7, 11) is 0. The number of hydrogen-bond acceptors (Lipinski definition) is 2. The highest BCUT2D eigenvalue weighted by Gasteiger charge is 2.04. The van der Waals surface area contributed by atoms with Crippen molar-refractivity contribution in [3.63, 3.8) is 0 Å². The van der Waals surface area contributed by atoms with Crippen molar-refractivity contribution in [1.82, 2.24) is 0 Å². The van der Waals surface area contributed by atoms with Gasteiger partial charge in [-0.05, 0) is 55.0 Å². The van der Waals surface area contributed by atoms with E-state index in [0.717, 1.165) is 10.0 Å². The molecule has 0 heterocycles. The van der Waals surface area contributed by atoms with Gasteiger partial charge in [0.1, 0.15) is 0 Å². The molecule has 0 atom stereocenters. The lowest BCUT2D eigenvalue weighted by Gasteiger charge is -2.09. The second-order valence-corrected chi connectivity index (χ2v) is 5.66. The number of amides is 3. The zero-order chi connectivity index (χ0) is 16.1. The van der Waals surface area contributed by atoms with Crippen molar-refractivity contribution in [2.24, 2.45) is 0 Å². The maximum atomic E-state index is 11.9. The van der Waals surface area contributed by atoms with E-state index >= 15 is 0 Å². The minimum atomic E-state index is -0.325. The molecule has 0 bridgehead atoms. The van der Waals surface area contributed by atoms with Gasteiger partial charge >= 0.3 is 6.03 Å². The summed E-state index contributed by atoms with van der Waals surface area (Å²) in [5, 5.41) is 8.16. The molecule has 0 saturated heterocycles. The molecule has 0 radical (unpaired) electrons. The highest BCUT2D eigenvalue weighted by molar-refractivity contribution is 9.10. The van der Waals surface area contributed by atoms with E-state index in [-0.39, 0.29) is 11.9 Å². The van der Waals surface area contributed by atoms with Crippen molar-refractivity contribution in [2.45, 2.75) is 13.8 Å². The van der Waals surface area contributed by atoms with E-state index in [4.69, 9.17) is 0 Å². The average Bonchev–Trinajstić information content (AvgIpc) is 2.44. The van der Waals surface area contributed by atoms with Gasteiger partial charge in [0, 0.05) is 28.5 Å². The van der Waals surface area contributed by atoms with Crippen molar-refractivity contribution in [3.05, 3.63) is 52.5 Å². The molecule has 5 nitrogen and oxygen atoms in total. The Bertz CT molecular complexity index is 699. The fourth-order valence-corrected chi connectivity index (χ4v) is 2.10. The molecule has 22 heavy (non-hydrogen) atoms. The largest absolute Gasteiger partial charge is 0.326 e. The third kappa shape index (κ3) is 4.60. The van der Waals surface area contributed by atoms with Gasteiger partial charge in [0.25, 0.3) is 0 Å². The van der Waals surface area contributed by atoms with Crippen LogP contribution in [-0.4, -0.2) is 11.9 Å². The van der Waals surface area contributed by atoms with Gasteiger partial charge in [-0.1, -0.05) is 15.9 Å². The number of anilines is 3. The first-order valence-electron chi connectivity index (χ1n) is 6.66. The Morgan fingerprint density at radius 3 is 1.91 bits per heavy atom. The normalized spacial score (nSPS) is 9.95. The van der Waals surface area contributed by atoms with Crippen LogP contribution in [0.4, 0.5) is 21.9 Å². The van der Waals surface area contributed by atoms with Crippen LogP contribution in [0.1, 0.15) is 12.5 Å². The summed E-state index contributed by atoms with van der Waals surface area (Å²) < 4.78 is 0.993. The van der Waals surface area contributed by atoms with Crippen LogP contribution in [-0.2, 0) is 4.79 Å². The molecule has 6 heteroatoms. The minimum absolute atomic E-state index is 0.135. The number of hydrogen-bond donors (Lipinski definition) is 3. The zero-order valence-electron chi connectivity index (χ0n) is 12.2. The molecule has 2 aromatic carbocycles. The number of nitrogens with one attached hydrogen (secondary N) is 3. The summed E-state index contributed by atoms with van der Waals surface area (Å²) in [5.41, 5.74) is 3.08. The predicted molar refractivity (Wildman–Crippen MR) is 92.3 cm³/mol. The van der Waals surface area contributed by atoms with Gasteiger partial charge in [0.2, 0.25) is 5.91 Å². The van der Waals surface area contributed by atoms with Crippen LogP contribution in [0.3, 0.4) is 0 Å². The standard InChI is InChI=1S/C16H16BrN3O2/c1-10-9-14(7-8-15(10)17)20-16(22)19-13-5-3-12(4-6-13)18-11(2)21/h3-9H,1-2H3,(H,18,21)(H2,19,20,22). The first-order valence-corrected chi connectivity index (χ1v) is 7.45. The van der Waals surface area contributed by atoms with E-state index < -0.39 is 0 Å². The second-order valence-electron chi connectivity index (χ2n) is 4.80. The van der Waals surface area contributed by atoms with Gasteiger partial charge in [-0.15, -0.1) is 0 Å². The predicted octanol–water partition coefficient (Wildman–Crippen LogP) is 4.36. The van der Waals surface area contributed by atoms with Gasteiger partial charge in [0.05, 0.1) is 0 Å². The lowest BCUT2D eigenvalue weighted by molar-refractivity contribution is -0.114. The first-order chi connectivity index (χ1) is 10.4. The van der Waals surface area contributed by atoms with E-state index in [0.29, 0.717) is 17.1 Å². The van der Waals surface area contributed by atoms with Crippen LogP contribution < -0.4 is 16.0 Å². The molecule has 0 saturated carbocycles. The summed E-state index contributed by atoms with van der Waals surface area (Å²) >= 11 is 3.41. The van der Waals surface area contributed by atoms with E-state index in [1.54, 1.807) is 24.3 Å².